The molecule has 0 bridgehead atoms. The Balaban J connectivity index is 1.63. The number of benzene rings is 1. The predicted molar refractivity (Wildman–Crippen MR) is 110 cm³/mol. The van der Waals surface area contributed by atoms with Gasteiger partial charge < -0.3 is 5.32 Å². The van der Waals surface area contributed by atoms with Crippen molar-refractivity contribution in [1.29, 1.82) is 0 Å². The van der Waals surface area contributed by atoms with Crippen LogP contribution in [-0.2, 0) is 14.4 Å². The number of carbonyl (C=O) groups excluding carboxylic acids is 3. The van der Waals surface area contributed by atoms with Gasteiger partial charge in [-0.05, 0) is 50.0 Å². The third kappa shape index (κ3) is 4.25. The van der Waals surface area contributed by atoms with Gasteiger partial charge in [-0.25, -0.2) is 0 Å². The van der Waals surface area contributed by atoms with Crippen LogP contribution in [-0.4, -0.2) is 36.3 Å². The Hall–Kier alpha value is -2.27. The molecule has 0 spiro atoms. The molecule has 2 aliphatic rings. The van der Waals surface area contributed by atoms with E-state index in [2.05, 4.69) is 10.3 Å². The van der Waals surface area contributed by atoms with Crippen LogP contribution in [0.4, 0.5) is 0 Å². The molecule has 1 N–H and O–H groups in total. The third-order valence-electron chi connectivity index (χ3n) is 5.42. The second-order valence-corrected chi connectivity index (χ2v) is 8.15. The minimum atomic E-state index is -0.675. The molecule has 3 rings (SSSR count). The van der Waals surface area contributed by atoms with Gasteiger partial charge in [0.05, 0.1) is 0 Å². The van der Waals surface area contributed by atoms with Crippen LogP contribution in [0.1, 0.15) is 47.4 Å². The Labute approximate surface area is 170 Å². The van der Waals surface area contributed by atoms with Gasteiger partial charge in [-0.3, -0.25) is 19.4 Å². The summed E-state index contributed by atoms with van der Waals surface area (Å²) in [4.78, 5) is 41.9. The first kappa shape index (κ1) is 20.5. The summed E-state index contributed by atoms with van der Waals surface area (Å²) in [5.41, 5.74) is 4.25. The number of amides is 1. The molecule has 1 aromatic carbocycles. The zero-order valence-corrected chi connectivity index (χ0v) is 17.2. The summed E-state index contributed by atoms with van der Waals surface area (Å²) in [6.07, 6.45) is 2.90. The number of aryl methyl sites for hydroxylation is 3. The van der Waals surface area contributed by atoms with Crippen LogP contribution in [0.2, 0.25) is 0 Å². The van der Waals surface area contributed by atoms with E-state index < -0.39 is 5.92 Å². The molecule has 1 aromatic rings. The van der Waals surface area contributed by atoms with Crippen LogP contribution < -0.4 is 5.32 Å². The Morgan fingerprint density at radius 1 is 1.21 bits per heavy atom. The van der Waals surface area contributed by atoms with Gasteiger partial charge in [-0.2, -0.15) is 0 Å². The standard InChI is InChI=1S/C22H25ClN2O3/c1-12-8-13(2)19(14(3)9-12)20-18(26)10-15(21(20)27)4-6-25-22(28)17-11-16(23)5-7-24-17/h8-9,11,15,20H,4-7,10H2,1-3H3,(H,25,28)/t15-,20?/m1/s1. The Morgan fingerprint density at radius 2 is 1.89 bits per heavy atom. The van der Waals surface area contributed by atoms with Crippen LogP contribution in [0.5, 0.6) is 0 Å². The summed E-state index contributed by atoms with van der Waals surface area (Å²) >= 11 is 5.96. The molecule has 28 heavy (non-hydrogen) atoms. The fraction of sp³-hybridized carbons (Fsp3) is 0.455. The monoisotopic (exact) mass is 400 g/mol. The molecule has 5 nitrogen and oxygen atoms in total. The van der Waals surface area contributed by atoms with E-state index >= 15 is 0 Å². The second-order valence-electron chi connectivity index (χ2n) is 7.67. The second kappa shape index (κ2) is 8.39. The average Bonchev–Trinajstić information content (AvgIpc) is 2.89. The molecule has 2 atom stereocenters. The van der Waals surface area contributed by atoms with Crippen molar-refractivity contribution in [3.05, 3.63) is 45.5 Å². The molecule has 1 amide bonds. The summed E-state index contributed by atoms with van der Waals surface area (Å²) in [6, 6.07) is 4.03. The maximum absolute atomic E-state index is 12.9. The number of hydrogen-bond acceptors (Lipinski definition) is 4. The van der Waals surface area contributed by atoms with Gasteiger partial charge in [0.1, 0.15) is 17.4 Å². The minimum Gasteiger partial charge on any atom is -0.351 e. The number of dihydropyridines is 1. The summed E-state index contributed by atoms with van der Waals surface area (Å²) in [5.74, 6) is -1.39. The Kier molecular flexibility index (Phi) is 6.14. The largest absolute Gasteiger partial charge is 0.351 e. The minimum absolute atomic E-state index is 0.0252. The third-order valence-corrected chi connectivity index (χ3v) is 5.72. The lowest BCUT2D eigenvalue weighted by molar-refractivity contribution is -0.125. The maximum atomic E-state index is 12.9. The average molecular weight is 401 g/mol. The highest BCUT2D eigenvalue weighted by atomic mass is 35.5. The summed E-state index contributed by atoms with van der Waals surface area (Å²) in [7, 11) is 0. The summed E-state index contributed by atoms with van der Waals surface area (Å²) in [6.45, 7) is 6.74. The molecule has 1 aliphatic carbocycles. The van der Waals surface area contributed by atoms with Gasteiger partial charge in [0.15, 0.2) is 5.78 Å². The Bertz CT molecular complexity index is 878. The van der Waals surface area contributed by atoms with Crippen LogP contribution in [0.15, 0.2) is 28.2 Å². The zero-order chi connectivity index (χ0) is 20.4. The van der Waals surface area contributed by atoms with Crippen molar-refractivity contribution in [2.24, 2.45) is 10.9 Å². The summed E-state index contributed by atoms with van der Waals surface area (Å²) < 4.78 is 0. The van der Waals surface area contributed by atoms with E-state index in [1.165, 1.54) is 0 Å². The lowest BCUT2D eigenvalue weighted by Crippen LogP contribution is -2.33. The number of nitrogens with zero attached hydrogens (tertiary/aromatic N) is 1. The number of carbonyl (C=O) groups is 3. The fourth-order valence-electron chi connectivity index (χ4n) is 4.19. The van der Waals surface area contributed by atoms with Crippen molar-refractivity contribution in [3.8, 4) is 0 Å². The van der Waals surface area contributed by atoms with Crippen LogP contribution in [0, 0.1) is 26.7 Å². The fourth-order valence-corrected chi connectivity index (χ4v) is 4.37. The van der Waals surface area contributed by atoms with E-state index in [4.69, 9.17) is 11.6 Å². The molecule has 1 saturated carbocycles. The number of ketones is 2. The molecule has 1 aliphatic heterocycles. The number of nitrogens with one attached hydrogen (secondary N) is 1. The van der Waals surface area contributed by atoms with E-state index in [-0.39, 0.29) is 29.8 Å². The van der Waals surface area contributed by atoms with Gasteiger partial charge in [0.2, 0.25) is 0 Å². The van der Waals surface area contributed by atoms with Crippen molar-refractivity contribution < 1.29 is 14.4 Å². The highest BCUT2D eigenvalue weighted by Gasteiger charge is 2.42. The molecule has 0 saturated heterocycles. The van der Waals surface area contributed by atoms with E-state index in [9.17, 15) is 14.4 Å². The van der Waals surface area contributed by atoms with Crippen molar-refractivity contribution in [1.82, 2.24) is 5.32 Å². The van der Waals surface area contributed by atoms with E-state index in [1.807, 2.05) is 32.9 Å². The summed E-state index contributed by atoms with van der Waals surface area (Å²) in [5, 5.41) is 3.40. The smallest absolute Gasteiger partial charge is 0.269 e. The molecule has 148 valence electrons. The van der Waals surface area contributed by atoms with Crippen molar-refractivity contribution >= 4 is 34.8 Å². The molecular weight excluding hydrogens is 376 g/mol. The van der Waals surface area contributed by atoms with E-state index in [0.29, 0.717) is 36.7 Å². The first-order valence-corrected chi connectivity index (χ1v) is 9.98. The normalized spacial score (nSPS) is 22.1. The van der Waals surface area contributed by atoms with Crippen LogP contribution in [0.25, 0.3) is 0 Å². The van der Waals surface area contributed by atoms with E-state index in [0.717, 1.165) is 22.3 Å². The van der Waals surface area contributed by atoms with Crippen molar-refractivity contribution in [2.75, 3.05) is 13.1 Å². The highest BCUT2D eigenvalue weighted by molar-refractivity contribution is 6.46. The van der Waals surface area contributed by atoms with Crippen LogP contribution in [0.3, 0.4) is 0 Å². The first-order valence-electron chi connectivity index (χ1n) is 9.61. The number of rotatable bonds is 5. The number of aliphatic imine (C=N–C) groups is 1. The molecular formula is C22H25ClN2O3. The zero-order valence-electron chi connectivity index (χ0n) is 16.5. The Morgan fingerprint density at radius 3 is 2.54 bits per heavy atom. The molecule has 0 aromatic heterocycles. The van der Waals surface area contributed by atoms with Gasteiger partial charge in [0, 0.05) is 36.9 Å². The lowest BCUT2D eigenvalue weighted by Gasteiger charge is -2.16. The van der Waals surface area contributed by atoms with Crippen LogP contribution >= 0.6 is 11.6 Å². The molecule has 6 heteroatoms. The highest BCUT2D eigenvalue weighted by Crippen LogP contribution is 2.37. The van der Waals surface area contributed by atoms with Crippen molar-refractivity contribution in [3.63, 3.8) is 0 Å². The van der Waals surface area contributed by atoms with Gasteiger partial charge in [-0.1, -0.05) is 29.3 Å². The lowest BCUT2D eigenvalue weighted by atomic mass is 9.86. The topological polar surface area (TPSA) is 75.6 Å². The molecule has 1 unspecified atom stereocenters. The predicted octanol–water partition coefficient (Wildman–Crippen LogP) is 3.33. The SMILES string of the molecule is Cc1cc(C)c(C2C(=O)C[C@@H](CCNC(=O)C3=NCCC(Cl)=C3)C2=O)c(C)c1. The number of hydrogen-bond donors (Lipinski definition) is 1. The number of halogens is 1. The maximum Gasteiger partial charge on any atom is 0.269 e. The van der Waals surface area contributed by atoms with E-state index in [1.54, 1.807) is 6.08 Å². The van der Waals surface area contributed by atoms with Gasteiger partial charge in [0.25, 0.3) is 5.91 Å². The van der Waals surface area contributed by atoms with Crippen molar-refractivity contribution in [2.45, 2.75) is 46.0 Å². The number of Topliss-reactive ketones (excluding diaryl/α,β-unsaturated/α-hetero) is 2. The van der Waals surface area contributed by atoms with Gasteiger partial charge >= 0.3 is 0 Å². The molecule has 1 heterocycles. The van der Waals surface area contributed by atoms with Gasteiger partial charge in [-0.15, -0.1) is 0 Å². The quantitative estimate of drug-likeness (QED) is 0.770. The molecule has 0 radical (unpaired) electrons. The molecule has 1 fully saturated rings. The first-order chi connectivity index (χ1) is 13.3.